The van der Waals surface area contributed by atoms with Gasteiger partial charge in [-0.2, -0.15) is 0 Å². The van der Waals surface area contributed by atoms with Gasteiger partial charge in [0.1, 0.15) is 23.0 Å². The van der Waals surface area contributed by atoms with Crippen LogP contribution in [-0.2, 0) is 30.7 Å². The van der Waals surface area contributed by atoms with Crippen molar-refractivity contribution < 1.29 is 9.18 Å². The first-order valence-corrected chi connectivity index (χ1v) is 11.6. The number of hydrogen-bond donors (Lipinski definition) is 1. The van der Waals surface area contributed by atoms with Crippen LogP contribution in [0.2, 0.25) is 0 Å². The molecule has 1 aliphatic carbocycles. The Balaban J connectivity index is 1.73. The first-order valence-electron chi connectivity index (χ1n) is 10.8. The van der Waals surface area contributed by atoms with Crippen LogP contribution in [0.1, 0.15) is 43.0 Å². The number of anilines is 1. The standard InChI is InChI=1S/C23H27FN4O2S/c1-3-27(4-2)13-19-26-22-21(17-7-5-6-8-18(17)31-22)23(30)28(19)14-20(29)25-16-11-9-15(24)10-12-16/h9-12H,3-8,13-14H2,1-2H3,(H,25,29). The minimum Gasteiger partial charge on any atom is -0.325 e. The highest BCUT2D eigenvalue weighted by molar-refractivity contribution is 7.18. The number of rotatable bonds is 7. The molecule has 0 saturated heterocycles. The fourth-order valence-electron chi connectivity index (χ4n) is 4.09. The summed E-state index contributed by atoms with van der Waals surface area (Å²) in [6.45, 7) is 6.16. The lowest BCUT2D eigenvalue weighted by atomic mass is 9.97. The van der Waals surface area contributed by atoms with E-state index in [2.05, 4.69) is 24.1 Å². The van der Waals surface area contributed by atoms with Crippen LogP contribution in [-0.4, -0.2) is 33.4 Å². The van der Waals surface area contributed by atoms with Crippen LogP contribution in [0.3, 0.4) is 0 Å². The van der Waals surface area contributed by atoms with Gasteiger partial charge in [-0.1, -0.05) is 13.8 Å². The van der Waals surface area contributed by atoms with Gasteiger partial charge in [-0.05, 0) is 68.6 Å². The number of thiophene rings is 1. The zero-order valence-corrected chi connectivity index (χ0v) is 18.7. The van der Waals surface area contributed by atoms with Gasteiger partial charge in [-0.25, -0.2) is 9.37 Å². The van der Waals surface area contributed by atoms with Gasteiger partial charge >= 0.3 is 0 Å². The Bertz CT molecular complexity index is 1150. The van der Waals surface area contributed by atoms with E-state index >= 15 is 0 Å². The van der Waals surface area contributed by atoms with E-state index in [4.69, 9.17) is 4.98 Å². The van der Waals surface area contributed by atoms with E-state index in [0.717, 1.165) is 49.2 Å². The molecule has 0 spiro atoms. The fraction of sp³-hybridized carbons (Fsp3) is 0.435. The monoisotopic (exact) mass is 442 g/mol. The Hall–Kier alpha value is -2.58. The van der Waals surface area contributed by atoms with Crippen molar-refractivity contribution in [1.82, 2.24) is 14.5 Å². The molecule has 1 N–H and O–H groups in total. The van der Waals surface area contributed by atoms with E-state index in [1.807, 2.05) is 0 Å². The van der Waals surface area contributed by atoms with Crippen LogP contribution in [0.5, 0.6) is 0 Å². The van der Waals surface area contributed by atoms with E-state index in [-0.39, 0.29) is 23.8 Å². The summed E-state index contributed by atoms with van der Waals surface area (Å²) in [6.07, 6.45) is 4.10. The van der Waals surface area contributed by atoms with Crippen molar-refractivity contribution in [2.45, 2.75) is 52.6 Å². The average molecular weight is 443 g/mol. The molecule has 2 aromatic heterocycles. The minimum absolute atomic E-state index is 0.125. The third-order valence-corrected chi connectivity index (χ3v) is 7.03. The molecule has 4 rings (SSSR count). The van der Waals surface area contributed by atoms with Crippen LogP contribution in [0.4, 0.5) is 10.1 Å². The van der Waals surface area contributed by atoms with Crippen LogP contribution < -0.4 is 10.9 Å². The minimum atomic E-state index is -0.368. The highest BCUT2D eigenvalue weighted by atomic mass is 32.1. The van der Waals surface area contributed by atoms with Gasteiger partial charge in [0, 0.05) is 10.6 Å². The van der Waals surface area contributed by atoms with Crippen LogP contribution in [0.15, 0.2) is 29.1 Å². The van der Waals surface area contributed by atoms with E-state index in [1.165, 1.54) is 33.7 Å². The summed E-state index contributed by atoms with van der Waals surface area (Å²) < 4.78 is 14.7. The molecule has 0 saturated carbocycles. The Morgan fingerprint density at radius 2 is 1.90 bits per heavy atom. The summed E-state index contributed by atoms with van der Waals surface area (Å²) in [5.74, 6) is -0.0959. The SMILES string of the molecule is CCN(CC)Cc1nc2sc3c(c2c(=O)n1CC(=O)Nc1ccc(F)cc1)CCCC3. The number of benzene rings is 1. The van der Waals surface area contributed by atoms with E-state index in [0.29, 0.717) is 23.4 Å². The molecule has 8 heteroatoms. The number of fused-ring (bicyclic) bond motifs is 3. The predicted molar refractivity (Wildman–Crippen MR) is 122 cm³/mol. The van der Waals surface area contributed by atoms with Crippen molar-refractivity contribution in [2.24, 2.45) is 0 Å². The molecule has 3 aromatic rings. The van der Waals surface area contributed by atoms with E-state index < -0.39 is 0 Å². The smallest absolute Gasteiger partial charge is 0.263 e. The lowest BCUT2D eigenvalue weighted by molar-refractivity contribution is -0.116. The zero-order valence-electron chi connectivity index (χ0n) is 17.9. The number of aromatic nitrogens is 2. The maximum absolute atomic E-state index is 13.6. The third-order valence-electron chi connectivity index (χ3n) is 5.84. The zero-order chi connectivity index (χ0) is 22.0. The molecule has 1 amide bonds. The van der Waals surface area contributed by atoms with Crippen LogP contribution in [0, 0.1) is 5.82 Å². The number of aryl methyl sites for hydroxylation is 2. The molecule has 164 valence electrons. The number of carbonyl (C=O) groups excluding carboxylic acids is 1. The topological polar surface area (TPSA) is 67.2 Å². The third kappa shape index (κ3) is 4.55. The van der Waals surface area contributed by atoms with Crippen LogP contribution >= 0.6 is 11.3 Å². The second-order valence-electron chi connectivity index (χ2n) is 7.83. The highest BCUT2D eigenvalue weighted by Gasteiger charge is 2.23. The first kappa shape index (κ1) is 21.6. The number of hydrogen-bond acceptors (Lipinski definition) is 5. The van der Waals surface area contributed by atoms with Crippen LogP contribution in [0.25, 0.3) is 10.2 Å². The summed E-state index contributed by atoms with van der Waals surface area (Å²) in [4.78, 5) is 35.4. The summed E-state index contributed by atoms with van der Waals surface area (Å²) in [5, 5.41) is 3.43. The number of nitrogens with zero attached hydrogens (tertiary/aromatic N) is 3. The molecule has 0 fully saturated rings. The van der Waals surface area contributed by atoms with Crippen molar-refractivity contribution in [3.8, 4) is 0 Å². The first-order chi connectivity index (χ1) is 15.0. The van der Waals surface area contributed by atoms with Crippen molar-refractivity contribution >= 4 is 33.1 Å². The number of carbonyl (C=O) groups is 1. The average Bonchev–Trinajstić information content (AvgIpc) is 3.14. The molecule has 0 bridgehead atoms. The molecule has 1 aliphatic rings. The molecular formula is C23H27FN4O2S. The molecule has 0 radical (unpaired) electrons. The van der Waals surface area contributed by atoms with Gasteiger partial charge in [0.2, 0.25) is 5.91 Å². The Labute approximate surface area is 184 Å². The summed E-state index contributed by atoms with van der Waals surface area (Å²) in [5.41, 5.74) is 1.47. The lowest BCUT2D eigenvalue weighted by Gasteiger charge is -2.20. The van der Waals surface area contributed by atoms with Gasteiger partial charge in [0.15, 0.2) is 0 Å². The molecule has 0 atom stereocenters. The van der Waals surface area contributed by atoms with Crippen molar-refractivity contribution in [2.75, 3.05) is 18.4 Å². The van der Waals surface area contributed by atoms with Gasteiger partial charge in [-0.3, -0.25) is 19.1 Å². The lowest BCUT2D eigenvalue weighted by Crippen LogP contribution is -2.34. The largest absolute Gasteiger partial charge is 0.325 e. The van der Waals surface area contributed by atoms with Gasteiger partial charge in [-0.15, -0.1) is 11.3 Å². The molecule has 0 unspecified atom stereocenters. The molecule has 31 heavy (non-hydrogen) atoms. The van der Waals surface area contributed by atoms with Gasteiger partial charge < -0.3 is 5.32 Å². The number of amides is 1. The van der Waals surface area contributed by atoms with E-state index in [9.17, 15) is 14.0 Å². The second kappa shape index (κ2) is 9.28. The van der Waals surface area contributed by atoms with Crippen molar-refractivity contribution in [3.63, 3.8) is 0 Å². The van der Waals surface area contributed by atoms with E-state index in [1.54, 1.807) is 11.3 Å². The van der Waals surface area contributed by atoms with Crippen molar-refractivity contribution in [3.05, 3.63) is 56.7 Å². The quantitative estimate of drug-likeness (QED) is 0.602. The van der Waals surface area contributed by atoms with Gasteiger partial charge in [0.25, 0.3) is 5.56 Å². The number of halogens is 1. The summed E-state index contributed by atoms with van der Waals surface area (Å²) >= 11 is 1.62. The number of nitrogens with one attached hydrogen (secondary N) is 1. The van der Waals surface area contributed by atoms with Crippen molar-refractivity contribution in [1.29, 1.82) is 0 Å². The summed E-state index contributed by atoms with van der Waals surface area (Å²) in [6, 6.07) is 5.59. The molecule has 0 aliphatic heterocycles. The Kier molecular flexibility index (Phi) is 6.48. The fourth-order valence-corrected chi connectivity index (χ4v) is 5.36. The predicted octanol–water partition coefficient (Wildman–Crippen LogP) is 3.96. The molecule has 2 heterocycles. The van der Waals surface area contributed by atoms with Gasteiger partial charge in [0.05, 0.1) is 11.9 Å². The maximum atomic E-state index is 13.6. The molecular weight excluding hydrogens is 415 g/mol. The second-order valence-corrected chi connectivity index (χ2v) is 8.91. The molecule has 6 nitrogen and oxygen atoms in total. The maximum Gasteiger partial charge on any atom is 0.263 e. The molecule has 1 aromatic carbocycles. The normalized spacial score (nSPS) is 13.5. The highest BCUT2D eigenvalue weighted by Crippen LogP contribution is 2.33. The Morgan fingerprint density at radius 3 is 2.61 bits per heavy atom. The Morgan fingerprint density at radius 1 is 1.19 bits per heavy atom. The summed E-state index contributed by atoms with van der Waals surface area (Å²) in [7, 11) is 0.